The molecule has 1 saturated carbocycles. The molecule has 4 nitrogen and oxygen atoms in total. The summed E-state index contributed by atoms with van der Waals surface area (Å²) < 4.78 is 0. The lowest BCUT2D eigenvalue weighted by molar-refractivity contribution is 0.0932. The number of thiophene rings is 1. The lowest BCUT2D eigenvalue weighted by Gasteiger charge is -2.22. The number of hydrogen-bond donors (Lipinski definition) is 2. The van der Waals surface area contributed by atoms with Crippen LogP contribution >= 0.6 is 11.3 Å². The Morgan fingerprint density at radius 3 is 2.86 bits per heavy atom. The number of carbonyl (C=O) groups is 1. The van der Waals surface area contributed by atoms with Crippen LogP contribution in [-0.4, -0.2) is 16.9 Å². The van der Waals surface area contributed by atoms with Gasteiger partial charge in [-0.2, -0.15) is 0 Å². The van der Waals surface area contributed by atoms with Gasteiger partial charge in [-0.15, -0.1) is 11.3 Å². The van der Waals surface area contributed by atoms with Crippen LogP contribution in [0, 0.1) is 0 Å². The van der Waals surface area contributed by atoms with E-state index in [-0.39, 0.29) is 5.91 Å². The molecule has 0 aliphatic heterocycles. The van der Waals surface area contributed by atoms with Gasteiger partial charge in [0.25, 0.3) is 5.91 Å². The summed E-state index contributed by atoms with van der Waals surface area (Å²) in [5, 5.41) is 4.12. The second kappa shape index (κ2) is 5.54. The summed E-state index contributed by atoms with van der Waals surface area (Å²) in [7, 11) is 0. The summed E-state index contributed by atoms with van der Waals surface area (Å²) in [5.41, 5.74) is 9.35. The van der Waals surface area contributed by atoms with E-state index >= 15 is 0 Å². The van der Waals surface area contributed by atoms with Gasteiger partial charge in [0.05, 0.1) is 5.69 Å². The molecule has 5 heteroatoms. The number of pyridine rings is 1. The lowest BCUT2D eigenvalue weighted by Crippen LogP contribution is -2.36. The summed E-state index contributed by atoms with van der Waals surface area (Å²) in [5.74, 6) is -0.0208. The summed E-state index contributed by atoms with van der Waals surface area (Å²) in [6.07, 6.45) is 9.18. The van der Waals surface area contributed by atoms with E-state index in [4.69, 9.17) is 10.7 Å². The van der Waals surface area contributed by atoms with Crippen LogP contribution < -0.4 is 11.1 Å². The molecule has 4 rings (SSSR count). The molecule has 0 radical (unpaired) electrons. The maximum Gasteiger partial charge on any atom is 0.263 e. The highest BCUT2D eigenvalue weighted by Crippen LogP contribution is 2.36. The number of nitrogens with two attached hydrogens (primary N) is 1. The summed E-state index contributed by atoms with van der Waals surface area (Å²) in [6, 6.07) is 2.46. The quantitative estimate of drug-likeness (QED) is 0.892. The Morgan fingerprint density at radius 2 is 2.05 bits per heavy atom. The fraction of sp³-hybridized carbons (Fsp3) is 0.529. The van der Waals surface area contributed by atoms with Gasteiger partial charge in [-0.3, -0.25) is 4.79 Å². The highest BCUT2D eigenvalue weighted by molar-refractivity contribution is 7.21. The number of aromatic nitrogens is 1. The van der Waals surface area contributed by atoms with Crippen LogP contribution in [0.5, 0.6) is 0 Å². The Hall–Kier alpha value is -1.62. The number of nitrogens with zero attached hydrogens (tertiary/aromatic N) is 1. The molecule has 22 heavy (non-hydrogen) atoms. The van der Waals surface area contributed by atoms with Gasteiger partial charge >= 0.3 is 0 Å². The number of hydrogen-bond acceptors (Lipinski definition) is 4. The van der Waals surface area contributed by atoms with E-state index < -0.39 is 0 Å². The molecule has 0 atom stereocenters. The van der Waals surface area contributed by atoms with Gasteiger partial charge in [0.1, 0.15) is 9.71 Å². The van der Waals surface area contributed by atoms with Crippen molar-refractivity contribution in [2.75, 3.05) is 5.73 Å². The zero-order chi connectivity index (χ0) is 15.1. The van der Waals surface area contributed by atoms with Gasteiger partial charge in [0, 0.05) is 17.1 Å². The van der Waals surface area contributed by atoms with Crippen LogP contribution in [0.2, 0.25) is 0 Å². The van der Waals surface area contributed by atoms with Gasteiger partial charge in [-0.25, -0.2) is 4.98 Å². The third-order valence-corrected chi connectivity index (χ3v) is 6.01. The Morgan fingerprint density at radius 1 is 1.23 bits per heavy atom. The number of fused-ring (bicyclic) bond motifs is 2. The van der Waals surface area contributed by atoms with Gasteiger partial charge < -0.3 is 11.1 Å². The molecule has 3 N–H and O–H groups in total. The van der Waals surface area contributed by atoms with Gasteiger partial charge in [-0.1, -0.05) is 19.3 Å². The predicted molar refractivity (Wildman–Crippen MR) is 90.4 cm³/mol. The van der Waals surface area contributed by atoms with E-state index in [0.29, 0.717) is 16.6 Å². The molecule has 116 valence electrons. The first kappa shape index (κ1) is 14.0. The van der Waals surface area contributed by atoms with Crippen molar-refractivity contribution in [2.45, 2.75) is 57.4 Å². The average Bonchev–Trinajstić information content (AvgIpc) is 3.11. The van der Waals surface area contributed by atoms with Crippen LogP contribution in [-0.2, 0) is 12.8 Å². The lowest BCUT2D eigenvalue weighted by atomic mass is 9.95. The van der Waals surface area contributed by atoms with Crippen molar-refractivity contribution in [3.8, 4) is 0 Å². The van der Waals surface area contributed by atoms with Crippen LogP contribution in [0.4, 0.5) is 5.69 Å². The average molecular weight is 315 g/mol. The molecule has 2 aromatic rings. The van der Waals surface area contributed by atoms with Crippen molar-refractivity contribution in [3.05, 3.63) is 22.2 Å². The minimum atomic E-state index is -0.0208. The smallest absolute Gasteiger partial charge is 0.263 e. The Balaban J connectivity index is 1.63. The van der Waals surface area contributed by atoms with E-state index in [1.807, 2.05) is 0 Å². The molecule has 0 aromatic carbocycles. The van der Waals surface area contributed by atoms with Crippen LogP contribution in [0.1, 0.15) is 59.5 Å². The number of rotatable bonds is 2. The number of nitrogens with one attached hydrogen (secondary N) is 1. The van der Waals surface area contributed by atoms with Crippen LogP contribution in [0.3, 0.4) is 0 Å². The van der Waals surface area contributed by atoms with Crippen molar-refractivity contribution < 1.29 is 4.79 Å². The molecular formula is C17H21N3OS. The van der Waals surface area contributed by atoms with Gasteiger partial charge in [0.2, 0.25) is 0 Å². The number of anilines is 1. The zero-order valence-electron chi connectivity index (χ0n) is 12.7. The fourth-order valence-electron chi connectivity index (χ4n) is 3.66. The molecule has 0 bridgehead atoms. The molecule has 2 aliphatic rings. The molecular weight excluding hydrogens is 294 g/mol. The first-order chi connectivity index (χ1) is 10.7. The van der Waals surface area contributed by atoms with E-state index in [9.17, 15) is 4.79 Å². The number of amides is 1. The predicted octanol–water partition coefficient (Wildman–Crippen LogP) is 3.43. The topological polar surface area (TPSA) is 68.0 Å². The number of carbonyl (C=O) groups excluding carboxylic acids is 1. The third kappa shape index (κ3) is 2.37. The Bertz CT molecular complexity index is 731. The molecule has 2 aromatic heterocycles. The van der Waals surface area contributed by atoms with Crippen molar-refractivity contribution >= 4 is 33.1 Å². The molecule has 2 aliphatic carbocycles. The standard InChI is InChI=1S/C17H21N3OS/c18-14-12-9-10-5-4-8-13(10)20-17(12)22-15(14)16(21)19-11-6-2-1-3-7-11/h9,11H,1-8,18H2,(H,19,21). The SMILES string of the molecule is Nc1c(C(=O)NC2CCCCC2)sc2nc3c(cc12)CCC3. The molecule has 2 heterocycles. The molecule has 1 amide bonds. The maximum atomic E-state index is 12.5. The Labute approximate surface area is 134 Å². The summed E-state index contributed by atoms with van der Waals surface area (Å²) in [6.45, 7) is 0. The molecule has 0 unspecified atom stereocenters. The summed E-state index contributed by atoms with van der Waals surface area (Å²) in [4.78, 5) is 18.8. The number of aryl methyl sites for hydroxylation is 2. The van der Waals surface area contributed by atoms with Crippen molar-refractivity contribution in [3.63, 3.8) is 0 Å². The minimum absolute atomic E-state index is 0.0208. The largest absolute Gasteiger partial charge is 0.397 e. The van der Waals surface area contributed by atoms with Gasteiger partial charge in [-0.05, 0) is 43.7 Å². The first-order valence-electron chi connectivity index (χ1n) is 8.24. The highest BCUT2D eigenvalue weighted by atomic mass is 32.1. The van der Waals surface area contributed by atoms with Crippen molar-refractivity contribution in [1.82, 2.24) is 10.3 Å². The van der Waals surface area contributed by atoms with E-state index in [1.54, 1.807) is 0 Å². The third-order valence-electron chi connectivity index (χ3n) is 4.90. The summed E-state index contributed by atoms with van der Waals surface area (Å²) >= 11 is 1.44. The molecule has 0 spiro atoms. The van der Waals surface area contributed by atoms with E-state index in [1.165, 1.54) is 48.3 Å². The fourth-order valence-corrected chi connectivity index (χ4v) is 4.66. The van der Waals surface area contributed by atoms with Crippen LogP contribution in [0.15, 0.2) is 6.07 Å². The molecule has 1 fully saturated rings. The monoisotopic (exact) mass is 315 g/mol. The second-order valence-corrected chi connectivity index (χ2v) is 7.45. The highest BCUT2D eigenvalue weighted by Gasteiger charge is 2.23. The van der Waals surface area contributed by atoms with Crippen molar-refractivity contribution in [2.24, 2.45) is 0 Å². The second-order valence-electron chi connectivity index (χ2n) is 6.45. The normalized spacial score (nSPS) is 18.5. The van der Waals surface area contributed by atoms with Crippen molar-refractivity contribution in [1.29, 1.82) is 0 Å². The molecule has 0 saturated heterocycles. The zero-order valence-corrected chi connectivity index (χ0v) is 13.5. The first-order valence-corrected chi connectivity index (χ1v) is 9.05. The Kier molecular flexibility index (Phi) is 3.53. The van der Waals surface area contributed by atoms with Gasteiger partial charge in [0.15, 0.2) is 0 Å². The van der Waals surface area contributed by atoms with Crippen LogP contribution in [0.25, 0.3) is 10.2 Å². The maximum absolute atomic E-state index is 12.5. The minimum Gasteiger partial charge on any atom is -0.397 e. The van der Waals surface area contributed by atoms with E-state index in [0.717, 1.165) is 35.9 Å². The number of nitrogen functional groups attached to an aromatic ring is 1. The van der Waals surface area contributed by atoms with E-state index in [2.05, 4.69) is 11.4 Å².